The number of benzene rings is 2. The van der Waals surface area contributed by atoms with Crippen LogP contribution in [0.1, 0.15) is 11.1 Å². The van der Waals surface area contributed by atoms with Crippen LogP contribution >= 0.6 is 0 Å². The fourth-order valence-electron chi connectivity index (χ4n) is 4.68. The van der Waals surface area contributed by atoms with Crippen LogP contribution in [0, 0.1) is 10.1 Å². The van der Waals surface area contributed by atoms with Crippen molar-refractivity contribution in [1.29, 1.82) is 0 Å². The molecule has 1 saturated heterocycles. The second-order valence-electron chi connectivity index (χ2n) is 9.05. The number of nitro groups is 1. The van der Waals surface area contributed by atoms with Gasteiger partial charge >= 0.3 is 5.69 Å². The van der Waals surface area contributed by atoms with Crippen molar-refractivity contribution < 1.29 is 4.92 Å². The summed E-state index contributed by atoms with van der Waals surface area (Å²) in [6.07, 6.45) is 0. The molecule has 0 N–H and O–H groups in total. The maximum absolute atomic E-state index is 13.2. The zero-order chi connectivity index (χ0) is 25.4. The van der Waals surface area contributed by atoms with Crippen LogP contribution in [0.2, 0.25) is 0 Å². The molecule has 2 aromatic carbocycles. The highest BCUT2D eigenvalue weighted by molar-refractivity contribution is 5.75. The lowest BCUT2D eigenvalue weighted by Gasteiger charge is -2.35. The molecule has 1 aliphatic rings. The van der Waals surface area contributed by atoms with Gasteiger partial charge in [0.2, 0.25) is 5.95 Å². The minimum absolute atomic E-state index is 0.00214. The van der Waals surface area contributed by atoms with Crippen molar-refractivity contribution in [3.63, 3.8) is 0 Å². The summed E-state index contributed by atoms with van der Waals surface area (Å²) in [6.45, 7) is 4.24. The summed E-state index contributed by atoms with van der Waals surface area (Å²) < 4.78 is 4.29. The standard InChI is InChI=1S/C25H27N7O4/c1-27-22-21(23(33)28(2)25(27)34)31(17-19-8-10-20(11-9-19)32(35)36)24(26-22)30-14-12-29(13-15-30)16-18-6-4-3-5-7-18/h3-11H,12-17H2,1-2H3. The van der Waals surface area contributed by atoms with E-state index in [1.807, 2.05) is 22.8 Å². The molecule has 0 aliphatic carbocycles. The summed E-state index contributed by atoms with van der Waals surface area (Å²) >= 11 is 0. The summed E-state index contributed by atoms with van der Waals surface area (Å²) in [6, 6.07) is 16.6. The molecule has 0 saturated carbocycles. The number of hydrogen-bond acceptors (Lipinski definition) is 7. The first kappa shape index (κ1) is 23.5. The Morgan fingerprint density at radius 2 is 1.50 bits per heavy atom. The Balaban J connectivity index is 1.50. The lowest BCUT2D eigenvalue weighted by Crippen LogP contribution is -2.47. The molecule has 186 valence electrons. The van der Waals surface area contributed by atoms with Crippen molar-refractivity contribution in [2.75, 3.05) is 31.1 Å². The van der Waals surface area contributed by atoms with E-state index in [0.717, 1.165) is 29.8 Å². The van der Waals surface area contributed by atoms with E-state index in [-0.39, 0.29) is 5.69 Å². The molecule has 0 spiro atoms. The van der Waals surface area contributed by atoms with Crippen molar-refractivity contribution in [3.8, 4) is 0 Å². The number of fused-ring (bicyclic) bond motifs is 1. The van der Waals surface area contributed by atoms with Crippen LogP contribution in [0.5, 0.6) is 0 Å². The lowest BCUT2D eigenvalue weighted by molar-refractivity contribution is -0.384. The van der Waals surface area contributed by atoms with E-state index >= 15 is 0 Å². The van der Waals surface area contributed by atoms with E-state index in [4.69, 9.17) is 4.98 Å². The molecule has 1 fully saturated rings. The Hall–Kier alpha value is -4.25. The van der Waals surface area contributed by atoms with Gasteiger partial charge in [-0.1, -0.05) is 42.5 Å². The SMILES string of the molecule is Cn1c(=O)c2c(nc(N3CCN(Cc4ccccc4)CC3)n2Cc2ccc([N+](=O)[O-])cc2)n(C)c1=O. The first-order valence-electron chi connectivity index (χ1n) is 11.7. The quantitative estimate of drug-likeness (QED) is 0.299. The Bertz CT molecular complexity index is 1530. The van der Waals surface area contributed by atoms with E-state index in [1.54, 1.807) is 19.2 Å². The third-order valence-electron chi connectivity index (χ3n) is 6.72. The zero-order valence-electron chi connectivity index (χ0n) is 20.2. The van der Waals surface area contributed by atoms with Gasteiger partial charge in [-0.3, -0.25) is 33.5 Å². The third kappa shape index (κ3) is 4.29. The van der Waals surface area contributed by atoms with E-state index < -0.39 is 16.2 Å². The normalized spacial score (nSPS) is 14.4. The van der Waals surface area contributed by atoms with Crippen molar-refractivity contribution >= 4 is 22.8 Å². The van der Waals surface area contributed by atoms with E-state index in [0.29, 0.717) is 36.7 Å². The van der Waals surface area contributed by atoms with Crippen LogP contribution < -0.4 is 16.1 Å². The van der Waals surface area contributed by atoms with Crippen molar-refractivity contribution in [2.45, 2.75) is 13.1 Å². The molecule has 0 atom stereocenters. The van der Waals surface area contributed by atoms with Crippen LogP contribution in [0.3, 0.4) is 0 Å². The lowest BCUT2D eigenvalue weighted by atomic mass is 10.2. The molecule has 3 heterocycles. The van der Waals surface area contributed by atoms with Crippen LogP contribution in [-0.4, -0.2) is 54.7 Å². The molecule has 0 unspecified atom stereocenters. The highest BCUT2D eigenvalue weighted by Gasteiger charge is 2.26. The number of hydrogen-bond donors (Lipinski definition) is 0. The number of nitrogens with zero attached hydrogens (tertiary/aromatic N) is 7. The van der Waals surface area contributed by atoms with Crippen molar-refractivity contribution in [2.24, 2.45) is 14.1 Å². The summed E-state index contributed by atoms with van der Waals surface area (Å²) in [5.74, 6) is 0.612. The smallest absolute Gasteiger partial charge is 0.332 e. The Kier molecular flexibility index (Phi) is 6.15. The number of imidazole rings is 1. The van der Waals surface area contributed by atoms with Gasteiger partial charge in [0.25, 0.3) is 11.2 Å². The molecular weight excluding hydrogens is 462 g/mol. The molecule has 0 bridgehead atoms. The second kappa shape index (κ2) is 9.42. The maximum atomic E-state index is 13.2. The highest BCUT2D eigenvalue weighted by atomic mass is 16.6. The molecule has 2 aromatic heterocycles. The number of aromatic nitrogens is 4. The van der Waals surface area contributed by atoms with Crippen molar-refractivity contribution in [3.05, 3.63) is 96.7 Å². The van der Waals surface area contributed by atoms with Crippen LogP contribution in [0.4, 0.5) is 11.6 Å². The molecule has 11 heteroatoms. The first-order valence-corrected chi connectivity index (χ1v) is 11.7. The monoisotopic (exact) mass is 489 g/mol. The number of rotatable bonds is 6. The maximum Gasteiger partial charge on any atom is 0.332 e. The van der Waals surface area contributed by atoms with Gasteiger partial charge in [-0.2, -0.15) is 4.98 Å². The Morgan fingerprint density at radius 1 is 0.861 bits per heavy atom. The largest absolute Gasteiger partial charge is 0.340 e. The predicted molar refractivity (Wildman–Crippen MR) is 136 cm³/mol. The predicted octanol–water partition coefficient (Wildman–Crippen LogP) is 1.71. The van der Waals surface area contributed by atoms with Gasteiger partial charge < -0.3 is 4.90 Å². The molecule has 36 heavy (non-hydrogen) atoms. The molecule has 5 rings (SSSR count). The van der Waals surface area contributed by atoms with Gasteiger partial charge in [0, 0.05) is 59.0 Å². The van der Waals surface area contributed by atoms with Crippen molar-refractivity contribution in [1.82, 2.24) is 23.6 Å². The van der Waals surface area contributed by atoms with E-state index in [9.17, 15) is 19.7 Å². The van der Waals surface area contributed by atoms with Gasteiger partial charge in [0.15, 0.2) is 11.2 Å². The summed E-state index contributed by atoms with van der Waals surface area (Å²) in [5.41, 5.74) is 1.85. The fourth-order valence-corrected chi connectivity index (χ4v) is 4.68. The Labute approximate surface area is 206 Å². The first-order chi connectivity index (χ1) is 17.3. The Morgan fingerprint density at radius 3 is 2.14 bits per heavy atom. The molecule has 0 radical (unpaired) electrons. The minimum Gasteiger partial charge on any atom is -0.340 e. The molecule has 4 aromatic rings. The summed E-state index contributed by atoms with van der Waals surface area (Å²) in [5, 5.41) is 11.1. The second-order valence-corrected chi connectivity index (χ2v) is 9.05. The van der Waals surface area contributed by atoms with Gasteiger partial charge in [-0.15, -0.1) is 0 Å². The average Bonchev–Trinajstić information content (AvgIpc) is 3.27. The minimum atomic E-state index is -0.442. The van der Waals surface area contributed by atoms with Crippen LogP contribution in [0.25, 0.3) is 11.2 Å². The topological polar surface area (TPSA) is 111 Å². The fraction of sp³-hybridized carbons (Fsp3) is 0.320. The van der Waals surface area contributed by atoms with Gasteiger partial charge in [0.1, 0.15) is 0 Å². The van der Waals surface area contributed by atoms with Gasteiger partial charge in [-0.25, -0.2) is 4.79 Å². The highest BCUT2D eigenvalue weighted by Crippen LogP contribution is 2.24. The summed E-state index contributed by atoms with van der Waals surface area (Å²) in [4.78, 5) is 45.6. The summed E-state index contributed by atoms with van der Waals surface area (Å²) in [7, 11) is 3.06. The number of anilines is 1. The average molecular weight is 490 g/mol. The number of aryl methyl sites for hydroxylation is 1. The van der Waals surface area contributed by atoms with Crippen LogP contribution in [-0.2, 0) is 27.2 Å². The molecule has 0 amide bonds. The number of piperazine rings is 1. The molecular formula is C25H27N7O4. The number of nitro benzene ring substituents is 1. The van der Waals surface area contributed by atoms with Gasteiger partial charge in [-0.05, 0) is 11.1 Å². The number of non-ortho nitro benzene ring substituents is 1. The van der Waals surface area contributed by atoms with Gasteiger partial charge in [0.05, 0.1) is 11.5 Å². The molecule has 11 nitrogen and oxygen atoms in total. The van der Waals surface area contributed by atoms with E-state index in [2.05, 4.69) is 21.9 Å². The zero-order valence-corrected chi connectivity index (χ0v) is 20.2. The van der Waals surface area contributed by atoms with Crippen LogP contribution in [0.15, 0.2) is 64.2 Å². The molecule has 1 aliphatic heterocycles. The van der Waals surface area contributed by atoms with E-state index in [1.165, 1.54) is 29.3 Å². The third-order valence-corrected chi connectivity index (χ3v) is 6.72.